The van der Waals surface area contributed by atoms with E-state index in [1.54, 1.807) is 12.1 Å². The van der Waals surface area contributed by atoms with Gasteiger partial charge < -0.3 is 10.5 Å². The lowest BCUT2D eigenvalue weighted by Crippen LogP contribution is -2.20. The molecule has 0 bridgehead atoms. The molecular weight excluding hydrogens is 375 g/mol. The Bertz CT molecular complexity index is 797. The van der Waals surface area contributed by atoms with Crippen molar-refractivity contribution in [2.75, 3.05) is 12.3 Å². The summed E-state index contributed by atoms with van der Waals surface area (Å²) in [6, 6.07) is 7.25. The maximum Gasteiger partial charge on any atom is 0.291 e. The van der Waals surface area contributed by atoms with E-state index in [2.05, 4.69) is 15.5 Å². The molecule has 3 N–H and O–H groups in total. The van der Waals surface area contributed by atoms with E-state index in [1.807, 2.05) is 19.1 Å². The van der Waals surface area contributed by atoms with Gasteiger partial charge in [-0.05, 0) is 19.1 Å². The number of hydrogen-bond acceptors (Lipinski definition) is 5. The van der Waals surface area contributed by atoms with Crippen molar-refractivity contribution in [2.45, 2.75) is 6.92 Å². The van der Waals surface area contributed by atoms with Crippen LogP contribution in [-0.2, 0) is 0 Å². The van der Waals surface area contributed by atoms with Crippen LogP contribution in [0, 0.1) is 0 Å². The predicted molar refractivity (Wildman–Crippen MR) is 96.4 cm³/mol. The Balaban J connectivity index is 2.17. The van der Waals surface area contributed by atoms with Crippen molar-refractivity contribution in [2.24, 2.45) is 5.10 Å². The second-order valence-corrected chi connectivity index (χ2v) is 5.58. The van der Waals surface area contributed by atoms with Gasteiger partial charge in [0, 0.05) is 5.56 Å². The summed E-state index contributed by atoms with van der Waals surface area (Å²) in [5.41, 5.74) is 8.49. The molecule has 9 heteroatoms. The molecule has 0 fully saturated rings. The first-order chi connectivity index (χ1) is 11.5. The highest BCUT2D eigenvalue weighted by Crippen LogP contribution is 2.34. The number of anilines is 1. The van der Waals surface area contributed by atoms with E-state index in [1.165, 1.54) is 6.21 Å². The molecule has 6 nitrogen and oxygen atoms in total. The van der Waals surface area contributed by atoms with E-state index in [0.29, 0.717) is 17.9 Å². The average Bonchev–Trinajstić information content (AvgIpc) is 2.58. The standard InChI is InChI=1S/C15H13Cl3N4O2/c1-2-24-9-6-4-3-5-8(9)7-20-22-15(23)13-10(16)12(19)11(17)14(18)21-13/h3-7H,2H2,1H3,(H2,19,21)(H,22,23)/b20-7-. The first kappa shape index (κ1) is 18.3. The fraction of sp³-hybridized carbons (Fsp3) is 0.133. The van der Waals surface area contributed by atoms with Crippen molar-refractivity contribution in [3.63, 3.8) is 0 Å². The van der Waals surface area contributed by atoms with Gasteiger partial charge >= 0.3 is 0 Å². The lowest BCUT2D eigenvalue weighted by molar-refractivity contribution is 0.0950. The van der Waals surface area contributed by atoms with Crippen LogP contribution in [0.5, 0.6) is 5.75 Å². The van der Waals surface area contributed by atoms with E-state index < -0.39 is 5.91 Å². The Hall–Kier alpha value is -2.02. The second kappa shape index (κ2) is 8.19. The van der Waals surface area contributed by atoms with Gasteiger partial charge in [0.25, 0.3) is 5.91 Å². The van der Waals surface area contributed by atoms with E-state index >= 15 is 0 Å². The maximum absolute atomic E-state index is 12.1. The number of aromatic nitrogens is 1. The number of amides is 1. The minimum Gasteiger partial charge on any atom is -0.493 e. The number of nitrogen functional groups attached to an aromatic ring is 1. The Labute approximate surface area is 153 Å². The summed E-state index contributed by atoms with van der Waals surface area (Å²) in [6.07, 6.45) is 1.44. The van der Waals surface area contributed by atoms with Crippen LogP contribution in [0.4, 0.5) is 5.69 Å². The highest BCUT2D eigenvalue weighted by atomic mass is 35.5. The molecular formula is C15H13Cl3N4O2. The van der Waals surface area contributed by atoms with Crippen LogP contribution in [0.1, 0.15) is 23.0 Å². The fourth-order valence-corrected chi connectivity index (χ4v) is 2.36. The summed E-state index contributed by atoms with van der Waals surface area (Å²) in [6.45, 7) is 2.39. The molecule has 1 aromatic carbocycles. The molecule has 0 atom stereocenters. The largest absolute Gasteiger partial charge is 0.493 e. The Morgan fingerprint density at radius 1 is 1.33 bits per heavy atom. The van der Waals surface area contributed by atoms with E-state index in [4.69, 9.17) is 45.3 Å². The lowest BCUT2D eigenvalue weighted by Gasteiger charge is -2.08. The molecule has 1 heterocycles. The van der Waals surface area contributed by atoms with Gasteiger partial charge in [-0.25, -0.2) is 10.4 Å². The van der Waals surface area contributed by atoms with Crippen molar-refractivity contribution >= 4 is 52.6 Å². The van der Waals surface area contributed by atoms with Gasteiger partial charge in [-0.2, -0.15) is 5.10 Å². The zero-order valence-corrected chi connectivity index (χ0v) is 14.8. The third kappa shape index (κ3) is 4.08. The van der Waals surface area contributed by atoms with Gasteiger partial charge in [-0.1, -0.05) is 46.9 Å². The molecule has 0 aliphatic carbocycles. The predicted octanol–water partition coefficient (Wildman–Crippen LogP) is 3.79. The SMILES string of the molecule is CCOc1ccccc1/C=N\NC(=O)c1nc(Cl)c(Cl)c(N)c1Cl. The number of hydrogen-bond donors (Lipinski definition) is 2. The van der Waals surface area contributed by atoms with Crippen LogP contribution in [0.3, 0.4) is 0 Å². The lowest BCUT2D eigenvalue weighted by atomic mass is 10.2. The van der Waals surface area contributed by atoms with Gasteiger partial charge in [0.1, 0.15) is 10.8 Å². The van der Waals surface area contributed by atoms with Gasteiger partial charge in [0.2, 0.25) is 0 Å². The summed E-state index contributed by atoms with van der Waals surface area (Å²) in [7, 11) is 0. The number of halogens is 3. The zero-order chi connectivity index (χ0) is 17.7. The van der Waals surface area contributed by atoms with Crippen molar-refractivity contribution in [3.05, 3.63) is 50.7 Å². The third-order valence-corrected chi connectivity index (χ3v) is 4.01. The van der Waals surface area contributed by atoms with Crippen LogP contribution in [0.15, 0.2) is 29.4 Å². The summed E-state index contributed by atoms with van der Waals surface area (Å²) in [5.74, 6) is -0.0247. The smallest absolute Gasteiger partial charge is 0.291 e. The van der Waals surface area contributed by atoms with E-state index in [-0.39, 0.29) is 26.6 Å². The summed E-state index contributed by atoms with van der Waals surface area (Å²) in [4.78, 5) is 15.9. The first-order valence-corrected chi connectivity index (χ1v) is 7.94. The highest BCUT2D eigenvalue weighted by molar-refractivity contribution is 6.46. The van der Waals surface area contributed by atoms with Crippen LogP contribution in [0.2, 0.25) is 15.2 Å². The van der Waals surface area contributed by atoms with Crippen LogP contribution >= 0.6 is 34.8 Å². The molecule has 0 saturated heterocycles. The molecule has 1 aromatic heterocycles. The first-order valence-electron chi connectivity index (χ1n) is 6.80. The molecule has 126 valence electrons. The summed E-state index contributed by atoms with van der Waals surface area (Å²) in [5, 5.41) is 3.65. The number of rotatable bonds is 5. The maximum atomic E-state index is 12.1. The Morgan fingerprint density at radius 3 is 2.75 bits per heavy atom. The molecule has 0 aliphatic rings. The average molecular weight is 388 g/mol. The quantitative estimate of drug-likeness (QED) is 0.464. The summed E-state index contributed by atoms with van der Waals surface area (Å²) >= 11 is 17.6. The molecule has 0 unspecified atom stereocenters. The molecule has 0 radical (unpaired) electrons. The van der Waals surface area contributed by atoms with Crippen LogP contribution in [0.25, 0.3) is 0 Å². The van der Waals surface area contributed by atoms with Crippen molar-refractivity contribution in [1.29, 1.82) is 0 Å². The fourth-order valence-electron chi connectivity index (χ4n) is 1.77. The monoisotopic (exact) mass is 386 g/mol. The second-order valence-electron chi connectivity index (χ2n) is 4.46. The normalized spacial score (nSPS) is 10.8. The summed E-state index contributed by atoms with van der Waals surface area (Å²) < 4.78 is 5.46. The van der Waals surface area contributed by atoms with Gasteiger partial charge in [-0.15, -0.1) is 0 Å². The molecule has 0 aliphatic heterocycles. The number of carbonyl (C=O) groups excluding carboxylic acids is 1. The highest BCUT2D eigenvalue weighted by Gasteiger charge is 2.19. The van der Waals surface area contributed by atoms with Gasteiger partial charge in [-0.3, -0.25) is 4.79 Å². The van der Waals surface area contributed by atoms with Crippen molar-refractivity contribution < 1.29 is 9.53 Å². The van der Waals surface area contributed by atoms with E-state index in [0.717, 1.165) is 0 Å². The number of benzene rings is 1. The topological polar surface area (TPSA) is 89.6 Å². The molecule has 0 saturated carbocycles. The number of para-hydroxylation sites is 1. The Morgan fingerprint density at radius 2 is 2.04 bits per heavy atom. The van der Waals surface area contributed by atoms with Crippen molar-refractivity contribution in [3.8, 4) is 5.75 Å². The molecule has 24 heavy (non-hydrogen) atoms. The Kier molecular flexibility index (Phi) is 6.25. The molecule has 2 aromatic rings. The molecule has 1 amide bonds. The minimum absolute atomic E-state index is 0.00707. The molecule has 2 rings (SSSR count). The number of pyridine rings is 1. The van der Waals surface area contributed by atoms with E-state index in [9.17, 15) is 4.79 Å². The number of ether oxygens (including phenoxy) is 1. The number of nitrogens with zero attached hydrogens (tertiary/aromatic N) is 2. The zero-order valence-electron chi connectivity index (χ0n) is 12.5. The van der Waals surface area contributed by atoms with Crippen molar-refractivity contribution in [1.82, 2.24) is 10.4 Å². The number of nitrogens with one attached hydrogen (secondary N) is 1. The number of nitrogens with two attached hydrogens (primary N) is 1. The molecule has 0 spiro atoms. The van der Waals surface area contributed by atoms with Gasteiger partial charge in [0.15, 0.2) is 10.8 Å². The number of hydrazone groups is 1. The number of carbonyl (C=O) groups is 1. The minimum atomic E-state index is -0.671. The van der Waals surface area contributed by atoms with Gasteiger partial charge in [0.05, 0.1) is 23.5 Å². The van der Waals surface area contributed by atoms with Crippen LogP contribution < -0.4 is 15.9 Å². The third-order valence-electron chi connectivity index (χ3n) is 2.88. The van der Waals surface area contributed by atoms with Crippen LogP contribution in [-0.4, -0.2) is 23.7 Å².